The molecule has 0 aliphatic rings. The number of aromatic amines is 1. The van der Waals surface area contributed by atoms with Gasteiger partial charge in [0, 0.05) is 19.8 Å². The minimum atomic E-state index is -0.323. The van der Waals surface area contributed by atoms with Gasteiger partial charge in [0.2, 0.25) is 0 Å². The Labute approximate surface area is 87.1 Å². The molecule has 1 rings (SSSR count). The van der Waals surface area contributed by atoms with Gasteiger partial charge in [-0.1, -0.05) is 0 Å². The lowest BCUT2D eigenvalue weighted by Crippen LogP contribution is -2.30. The monoisotopic (exact) mass is 210 g/mol. The first-order chi connectivity index (χ1) is 7.15. The van der Waals surface area contributed by atoms with E-state index in [2.05, 4.69) is 9.97 Å². The number of carbonyl (C=O) groups excluding carboxylic acids is 1. The molecule has 1 heterocycles. The van der Waals surface area contributed by atoms with Crippen LogP contribution in [0.4, 0.5) is 0 Å². The number of hydrogen-bond acceptors (Lipinski definition) is 4. The van der Waals surface area contributed by atoms with Crippen molar-refractivity contribution in [3.05, 3.63) is 28.4 Å². The first-order valence-corrected chi connectivity index (χ1v) is 4.65. The zero-order valence-corrected chi connectivity index (χ0v) is 8.56. The van der Waals surface area contributed by atoms with Crippen LogP contribution < -0.4 is 11.3 Å². The Morgan fingerprint density at radius 1 is 1.67 bits per heavy atom. The Hall–Kier alpha value is -1.69. The second-order valence-electron chi connectivity index (χ2n) is 3.17. The van der Waals surface area contributed by atoms with E-state index >= 15 is 0 Å². The molecule has 0 saturated heterocycles. The molecule has 82 valence electrons. The van der Waals surface area contributed by atoms with Crippen LogP contribution in [0.15, 0.2) is 17.2 Å². The highest BCUT2D eigenvalue weighted by Gasteiger charge is 2.11. The van der Waals surface area contributed by atoms with Gasteiger partial charge in [-0.15, -0.1) is 0 Å². The summed E-state index contributed by atoms with van der Waals surface area (Å²) in [6, 6.07) is 0. The summed E-state index contributed by atoms with van der Waals surface area (Å²) in [4.78, 5) is 30.1. The van der Waals surface area contributed by atoms with E-state index in [4.69, 9.17) is 5.73 Å². The maximum atomic E-state index is 11.7. The lowest BCUT2D eigenvalue weighted by atomic mass is 10.3. The molecule has 6 nitrogen and oxygen atoms in total. The number of amides is 1. The van der Waals surface area contributed by atoms with Crippen LogP contribution in [0.3, 0.4) is 0 Å². The van der Waals surface area contributed by atoms with Gasteiger partial charge >= 0.3 is 0 Å². The van der Waals surface area contributed by atoms with E-state index in [1.54, 1.807) is 7.05 Å². The number of nitrogens with zero attached hydrogens (tertiary/aromatic N) is 2. The highest BCUT2D eigenvalue weighted by Crippen LogP contribution is 1.96. The second-order valence-corrected chi connectivity index (χ2v) is 3.17. The molecule has 0 aliphatic heterocycles. The van der Waals surface area contributed by atoms with Crippen molar-refractivity contribution in [1.82, 2.24) is 14.9 Å². The molecular weight excluding hydrogens is 196 g/mol. The highest BCUT2D eigenvalue weighted by molar-refractivity contribution is 5.91. The fourth-order valence-electron chi connectivity index (χ4n) is 1.08. The summed E-state index contributed by atoms with van der Waals surface area (Å²) in [6.07, 6.45) is 3.14. The Balaban J connectivity index is 2.67. The molecule has 15 heavy (non-hydrogen) atoms. The maximum Gasteiger partial charge on any atom is 0.273 e. The molecule has 1 amide bonds. The lowest BCUT2D eigenvalue weighted by Gasteiger charge is -2.15. The largest absolute Gasteiger partial charge is 0.340 e. The van der Waals surface area contributed by atoms with Gasteiger partial charge in [0.1, 0.15) is 5.69 Å². The van der Waals surface area contributed by atoms with Crippen molar-refractivity contribution in [1.29, 1.82) is 0 Å². The topological polar surface area (TPSA) is 92.1 Å². The zero-order valence-electron chi connectivity index (χ0n) is 8.56. The second kappa shape index (κ2) is 5.26. The van der Waals surface area contributed by atoms with E-state index in [9.17, 15) is 9.59 Å². The van der Waals surface area contributed by atoms with Gasteiger partial charge in [0.15, 0.2) is 0 Å². The lowest BCUT2D eigenvalue weighted by molar-refractivity contribution is 0.0788. The van der Waals surface area contributed by atoms with Crippen LogP contribution in [-0.4, -0.2) is 40.9 Å². The van der Waals surface area contributed by atoms with Crippen molar-refractivity contribution < 1.29 is 4.79 Å². The van der Waals surface area contributed by atoms with Crippen LogP contribution in [-0.2, 0) is 0 Å². The van der Waals surface area contributed by atoms with E-state index in [0.717, 1.165) is 12.6 Å². The van der Waals surface area contributed by atoms with Gasteiger partial charge in [-0.25, -0.2) is 4.98 Å². The summed E-state index contributed by atoms with van der Waals surface area (Å²) >= 11 is 0. The van der Waals surface area contributed by atoms with Crippen molar-refractivity contribution in [3.63, 3.8) is 0 Å². The molecule has 0 saturated carbocycles. The van der Waals surface area contributed by atoms with Crippen molar-refractivity contribution in [2.24, 2.45) is 5.73 Å². The Morgan fingerprint density at radius 3 is 2.93 bits per heavy atom. The number of rotatable bonds is 4. The summed E-state index contributed by atoms with van der Waals surface area (Å²) in [5.41, 5.74) is 5.24. The van der Waals surface area contributed by atoms with Crippen molar-refractivity contribution >= 4 is 5.91 Å². The number of nitrogens with two attached hydrogens (primary N) is 1. The molecule has 3 N–H and O–H groups in total. The van der Waals surface area contributed by atoms with Gasteiger partial charge in [0.05, 0.1) is 6.20 Å². The van der Waals surface area contributed by atoms with Gasteiger partial charge in [0.25, 0.3) is 11.5 Å². The molecule has 0 unspecified atom stereocenters. The standard InChI is InChI=1S/C9H14N4O2/c1-13(4-2-3-10)9(15)7-5-12-8(14)6-11-7/h5-6H,2-4,10H2,1H3,(H,12,14). The Kier molecular flexibility index (Phi) is 3.99. The van der Waals surface area contributed by atoms with Gasteiger partial charge in [-0.2, -0.15) is 0 Å². The summed E-state index contributed by atoms with van der Waals surface area (Å²) < 4.78 is 0. The summed E-state index contributed by atoms with van der Waals surface area (Å²) in [5.74, 6) is -0.222. The molecule has 1 aromatic heterocycles. The minimum Gasteiger partial charge on any atom is -0.340 e. The quantitative estimate of drug-likeness (QED) is 0.680. The summed E-state index contributed by atoms with van der Waals surface area (Å²) in [6.45, 7) is 1.12. The molecule has 0 atom stereocenters. The van der Waals surface area contributed by atoms with Crippen LogP contribution in [0.5, 0.6) is 0 Å². The smallest absolute Gasteiger partial charge is 0.273 e. The summed E-state index contributed by atoms with van der Waals surface area (Å²) in [5, 5.41) is 0. The first kappa shape index (κ1) is 11.4. The number of H-pyrrole nitrogens is 1. The van der Waals surface area contributed by atoms with Crippen LogP contribution in [0, 0.1) is 0 Å². The molecule has 0 bridgehead atoms. The average Bonchev–Trinajstić information content (AvgIpc) is 2.26. The third-order valence-corrected chi connectivity index (χ3v) is 1.94. The number of hydrogen-bond donors (Lipinski definition) is 2. The van der Waals surface area contributed by atoms with Crippen LogP contribution in [0.2, 0.25) is 0 Å². The molecule has 0 radical (unpaired) electrons. The predicted octanol–water partition coefficient (Wildman–Crippen LogP) is -0.809. The Bertz CT molecular complexity index is 367. The Morgan fingerprint density at radius 2 is 2.40 bits per heavy atom. The maximum absolute atomic E-state index is 11.7. The number of aromatic nitrogens is 2. The van der Waals surface area contributed by atoms with Crippen molar-refractivity contribution in [3.8, 4) is 0 Å². The summed E-state index contributed by atoms with van der Waals surface area (Å²) in [7, 11) is 1.67. The van der Waals surface area contributed by atoms with E-state index in [1.807, 2.05) is 0 Å². The van der Waals surface area contributed by atoms with E-state index in [-0.39, 0.29) is 17.2 Å². The third kappa shape index (κ3) is 3.17. The molecule has 1 aromatic rings. The average molecular weight is 210 g/mol. The van der Waals surface area contributed by atoms with E-state index in [1.165, 1.54) is 11.1 Å². The van der Waals surface area contributed by atoms with E-state index < -0.39 is 0 Å². The van der Waals surface area contributed by atoms with Crippen molar-refractivity contribution in [2.45, 2.75) is 6.42 Å². The fourth-order valence-corrected chi connectivity index (χ4v) is 1.08. The van der Waals surface area contributed by atoms with Crippen molar-refractivity contribution in [2.75, 3.05) is 20.1 Å². The highest BCUT2D eigenvalue weighted by atomic mass is 16.2. The number of nitrogens with one attached hydrogen (secondary N) is 1. The van der Waals surface area contributed by atoms with Crippen LogP contribution in [0.25, 0.3) is 0 Å². The number of carbonyl (C=O) groups is 1. The van der Waals surface area contributed by atoms with Gasteiger partial charge < -0.3 is 15.6 Å². The van der Waals surface area contributed by atoms with Gasteiger partial charge in [-0.3, -0.25) is 9.59 Å². The normalized spacial score (nSPS) is 10.0. The molecule has 0 spiro atoms. The zero-order chi connectivity index (χ0) is 11.3. The molecule has 0 fully saturated rings. The SMILES string of the molecule is CN(CCCN)C(=O)c1c[nH]c(=O)cn1. The predicted molar refractivity (Wildman–Crippen MR) is 55.5 cm³/mol. The van der Waals surface area contributed by atoms with Gasteiger partial charge in [-0.05, 0) is 13.0 Å². The molecule has 0 aromatic carbocycles. The molecule has 6 heteroatoms. The van der Waals surface area contributed by atoms with E-state index in [0.29, 0.717) is 13.1 Å². The minimum absolute atomic E-state index is 0.222. The molecular formula is C9H14N4O2. The van der Waals surface area contributed by atoms with Crippen LogP contribution >= 0.6 is 0 Å². The third-order valence-electron chi connectivity index (χ3n) is 1.94. The fraction of sp³-hybridized carbons (Fsp3) is 0.444. The van der Waals surface area contributed by atoms with Crippen LogP contribution in [0.1, 0.15) is 16.9 Å². The molecule has 0 aliphatic carbocycles. The first-order valence-electron chi connectivity index (χ1n) is 4.65.